The van der Waals surface area contributed by atoms with Crippen molar-refractivity contribution in [3.8, 4) is 5.75 Å². The molecule has 2 saturated heterocycles. The highest BCUT2D eigenvalue weighted by atomic mass is 28.3. The number of likely N-dealkylation sites (N-methyl/N-ethyl adjacent to an activating group) is 1. The lowest BCUT2D eigenvalue weighted by Gasteiger charge is -2.62. The maximum Gasteiger partial charge on any atom is 0.329 e. The number of hydrogen-bond donors (Lipinski definition) is 1. The highest BCUT2D eigenvalue weighted by Crippen LogP contribution is 2.57. The van der Waals surface area contributed by atoms with E-state index < -0.39 is 25.1 Å². The van der Waals surface area contributed by atoms with Crippen molar-refractivity contribution in [1.29, 1.82) is 0 Å². The number of amides is 3. The maximum atomic E-state index is 13.8. The second-order valence-electron chi connectivity index (χ2n) is 13.9. The van der Waals surface area contributed by atoms with E-state index in [4.69, 9.17) is 9.47 Å². The zero-order valence-corrected chi connectivity index (χ0v) is 26.4. The van der Waals surface area contributed by atoms with Gasteiger partial charge in [0.15, 0.2) is 0 Å². The molecule has 0 unspecified atom stereocenters. The summed E-state index contributed by atoms with van der Waals surface area (Å²) in [5.41, 5.74) is 0.626. The van der Waals surface area contributed by atoms with Crippen LogP contribution < -0.4 is 4.74 Å². The van der Waals surface area contributed by atoms with Crippen LogP contribution >= 0.6 is 0 Å². The third-order valence-corrected chi connectivity index (χ3v) is 11.7. The molecule has 8 nitrogen and oxygen atoms in total. The average Bonchev–Trinajstić information content (AvgIpc) is 3.69. The van der Waals surface area contributed by atoms with Crippen molar-refractivity contribution in [2.75, 3.05) is 40.6 Å². The number of urea groups is 1. The summed E-state index contributed by atoms with van der Waals surface area (Å²) >= 11 is 0. The number of piperidine rings is 1. The predicted molar refractivity (Wildman–Crippen MR) is 158 cm³/mol. The van der Waals surface area contributed by atoms with E-state index in [0.717, 1.165) is 55.6 Å². The lowest BCUT2D eigenvalue weighted by molar-refractivity contribution is -0.160. The van der Waals surface area contributed by atoms with Gasteiger partial charge in [-0.2, -0.15) is 0 Å². The Labute approximate surface area is 241 Å². The first-order valence-electron chi connectivity index (χ1n) is 15.2. The number of ether oxygens (including phenoxy) is 2. The van der Waals surface area contributed by atoms with E-state index >= 15 is 0 Å². The highest BCUT2D eigenvalue weighted by Gasteiger charge is 2.64. The van der Waals surface area contributed by atoms with Crippen LogP contribution in [0.2, 0.25) is 25.7 Å². The van der Waals surface area contributed by atoms with Gasteiger partial charge in [0.05, 0.1) is 12.7 Å². The Bertz CT molecular complexity index is 1120. The van der Waals surface area contributed by atoms with Crippen LogP contribution in [0, 0.1) is 5.92 Å². The monoisotopic (exact) mass is 571 g/mol. The maximum absolute atomic E-state index is 13.8. The molecular weight excluding hydrogens is 522 g/mol. The molecular formula is C31H49N3O5Si. The largest absolute Gasteiger partial charge is 0.497 e. The Kier molecular flexibility index (Phi) is 8.16. The van der Waals surface area contributed by atoms with E-state index in [0.29, 0.717) is 19.4 Å². The number of rotatable bonds is 12. The fraction of sp³-hybridized carbons (Fsp3) is 0.742. The molecule has 222 valence electrons. The molecule has 5 rings (SSSR count). The third kappa shape index (κ3) is 5.23. The van der Waals surface area contributed by atoms with Crippen LogP contribution in [0.25, 0.3) is 0 Å². The summed E-state index contributed by atoms with van der Waals surface area (Å²) in [4.78, 5) is 32.5. The number of carbonyl (C=O) groups excluding carboxylic acids is 2. The molecule has 2 bridgehead atoms. The highest BCUT2D eigenvalue weighted by molar-refractivity contribution is 6.76. The van der Waals surface area contributed by atoms with Gasteiger partial charge in [-0.1, -0.05) is 39.1 Å². The van der Waals surface area contributed by atoms with Crippen molar-refractivity contribution in [2.45, 2.75) is 101 Å². The minimum absolute atomic E-state index is 0.0128. The van der Waals surface area contributed by atoms with Crippen LogP contribution in [0.1, 0.15) is 56.6 Å². The van der Waals surface area contributed by atoms with E-state index in [9.17, 15) is 14.7 Å². The predicted octanol–water partition coefficient (Wildman–Crippen LogP) is 4.47. The van der Waals surface area contributed by atoms with Gasteiger partial charge in [-0.3, -0.25) is 9.69 Å². The Hall–Kier alpha value is -1.94. The van der Waals surface area contributed by atoms with Crippen molar-refractivity contribution in [2.24, 2.45) is 5.92 Å². The Balaban J connectivity index is 1.48. The number of benzene rings is 1. The normalized spacial score (nSPS) is 30.7. The van der Waals surface area contributed by atoms with Gasteiger partial charge in [0.1, 0.15) is 18.5 Å². The summed E-state index contributed by atoms with van der Waals surface area (Å²) in [6.45, 7) is 11.4. The summed E-state index contributed by atoms with van der Waals surface area (Å²) < 4.78 is 11.5. The number of hydrogen-bond acceptors (Lipinski definition) is 6. The summed E-state index contributed by atoms with van der Waals surface area (Å²) in [6, 6.07) is 6.24. The van der Waals surface area contributed by atoms with E-state index in [-0.39, 0.29) is 24.7 Å². The molecule has 0 aromatic heterocycles. The number of aliphatic hydroxyl groups is 1. The van der Waals surface area contributed by atoms with Crippen LogP contribution in [0.3, 0.4) is 0 Å². The molecule has 1 N–H and O–H groups in total. The SMILES string of the molecule is CCC[C@@]1(O)[C@H]2Cc3ccc(OC)cc3[C@]1(C[C@H]1C(=O)N(COCC[Si](C)(C)C)C(=O)N1C)CCN2CC1CC1. The summed E-state index contributed by atoms with van der Waals surface area (Å²) in [5.74, 6) is 1.27. The summed E-state index contributed by atoms with van der Waals surface area (Å²) in [7, 11) is 2.11. The van der Waals surface area contributed by atoms with E-state index in [2.05, 4.69) is 43.6 Å². The molecule has 1 aromatic carbocycles. The van der Waals surface area contributed by atoms with Gasteiger partial charge in [0, 0.05) is 39.7 Å². The smallest absolute Gasteiger partial charge is 0.329 e. The second kappa shape index (κ2) is 11.0. The number of nitrogens with zero attached hydrogens (tertiary/aromatic N) is 3. The van der Waals surface area contributed by atoms with Crippen molar-refractivity contribution in [3.05, 3.63) is 29.3 Å². The number of fused-ring (bicyclic) bond motifs is 4. The number of methoxy groups -OCH3 is 1. The third-order valence-electron chi connectivity index (χ3n) is 10.0. The van der Waals surface area contributed by atoms with Gasteiger partial charge in [-0.05, 0) is 80.3 Å². The van der Waals surface area contributed by atoms with Crippen LogP contribution in [0.5, 0.6) is 5.75 Å². The second-order valence-corrected chi connectivity index (χ2v) is 19.5. The topological polar surface area (TPSA) is 82.5 Å². The Morgan fingerprint density at radius 2 is 1.93 bits per heavy atom. The van der Waals surface area contributed by atoms with Gasteiger partial charge in [0.25, 0.3) is 5.91 Å². The fourth-order valence-corrected chi connectivity index (χ4v) is 8.26. The average molecular weight is 572 g/mol. The molecule has 2 aliphatic carbocycles. The molecule has 1 saturated carbocycles. The van der Waals surface area contributed by atoms with Gasteiger partial charge < -0.3 is 19.5 Å². The van der Waals surface area contributed by atoms with Crippen LogP contribution in [-0.4, -0.2) is 98.1 Å². The minimum atomic E-state index is -1.28. The summed E-state index contributed by atoms with van der Waals surface area (Å²) in [5, 5.41) is 12.9. The molecule has 1 aromatic rings. The van der Waals surface area contributed by atoms with E-state index in [1.54, 1.807) is 19.1 Å². The zero-order chi connectivity index (χ0) is 28.9. The zero-order valence-electron chi connectivity index (χ0n) is 25.4. The molecule has 2 aliphatic heterocycles. The first-order chi connectivity index (χ1) is 18.9. The van der Waals surface area contributed by atoms with Crippen LogP contribution in [0.4, 0.5) is 4.79 Å². The van der Waals surface area contributed by atoms with Crippen molar-refractivity contribution in [3.63, 3.8) is 0 Å². The van der Waals surface area contributed by atoms with Crippen LogP contribution in [0.15, 0.2) is 18.2 Å². The van der Waals surface area contributed by atoms with Crippen molar-refractivity contribution < 1.29 is 24.2 Å². The number of imide groups is 1. The number of carbonyl (C=O) groups is 2. The Morgan fingerprint density at radius 1 is 1.18 bits per heavy atom. The summed E-state index contributed by atoms with van der Waals surface area (Å²) in [6.07, 6.45) is 5.96. The first-order valence-corrected chi connectivity index (χ1v) is 18.9. The Morgan fingerprint density at radius 3 is 2.58 bits per heavy atom. The molecule has 0 radical (unpaired) electrons. The lowest BCUT2D eigenvalue weighted by atomic mass is 9.51. The molecule has 40 heavy (non-hydrogen) atoms. The molecule has 9 heteroatoms. The molecule has 0 spiro atoms. The molecule has 2 heterocycles. The van der Waals surface area contributed by atoms with Gasteiger partial charge in [-0.25, -0.2) is 9.69 Å². The standard InChI is InChI=1S/C31H49N3O5Si/c1-7-12-31(37)27-17-23-10-11-24(38-3)18-25(23)30(31,13-14-33(27)20-22-8-9-22)19-26-28(35)34(29(36)32(26)2)21-39-15-16-40(4,5)6/h10-11,18,22,26-27,37H,7-9,12-17,19-21H2,1-6H3/t26-,27+,30+,31+/m0/s1. The molecule has 4 aliphatic rings. The molecule has 3 amide bonds. The number of likely N-dealkylation sites (tertiary alicyclic amines) is 1. The van der Waals surface area contributed by atoms with Gasteiger partial charge >= 0.3 is 6.03 Å². The van der Waals surface area contributed by atoms with Crippen molar-refractivity contribution >= 4 is 20.0 Å². The first kappa shape index (κ1) is 29.5. The quantitative estimate of drug-likeness (QED) is 0.227. The molecule has 3 fully saturated rings. The van der Waals surface area contributed by atoms with E-state index in [1.807, 2.05) is 6.07 Å². The van der Waals surface area contributed by atoms with E-state index in [1.165, 1.54) is 23.3 Å². The minimum Gasteiger partial charge on any atom is -0.497 e. The van der Waals surface area contributed by atoms with Gasteiger partial charge in [0.2, 0.25) is 0 Å². The van der Waals surface area contributed by atoms with Crippen molar-refractivity contribution in [1.82, 2.24) is 14.7 Å². The van der Waals surface area contributed by atoms with Crippen LogP contribution in [-0.2, 0) is 21.4 Å². The fourth-order valence-electron chi connectivity index (χ4n) is 7.51. The lowest BCUT2D eigenvalue weighted by Crippen LogP contribution is -2.72. The van der Waals surface area contributed by atoms with Gasteiger partial charge in [-0.15, -0.1) is 0 Å². The molecule has 4 atom stereocenters.